The molecule has 1 amide bonds. The number of benzene rings is 1. The largest absolute Gasteiger partial charge is 0.493 e. The van der Waals surface area contributed by atoms with E-state index in [0.717, 1.165) is 31.4 Å². The summed E-state index contributed by atoms with van der Waals surface area (Å²) in [7, 11) is 0. The minimum absolute atomic E-state index is 0.149. The Balaban J connectivity index is 2.07. The fourth-order valence-electron chi connectivity index (χ4n) is 2.58. The van der Waals surface area contributed by atoms with Crippen molar-refractivity contribution in [1.82, 2.24) is 4.90 Å². The maximum Gasteiger partial charge on any atom is 0.222 e. The molecule has 0 radical (unpaired) electrons. The number of nitrogens with zero attached hydrogens (tertiary/aromatic N) is 1. The number of amides is 1. The van der Waals surface area contributed by atoms with Crippen molar-refractivity contribution in [3.8, 4) is 5.75 Å². The molecule has 1 unspecified atom stereocenters. The van der Waals surface area contributed by atoms with E-state index in [1.54, 1.807) is 4.90 Å². The number of para-hydroxylation sites is 1. The van der Waals surface area contributed by atoms with Crippen LogP contribution in [0, 0.1) is 0 Å². The molecular formula is C16H23NO3. The lowest BCUT2D eigenvalue weighted by molar-refractivity contribution is -0.132. The highest BCUT2D eigenvalue weighted by atomic mass is 16.5. The lowest BCUT2D eigenvalue weighted by atomic mass is 10.1. The number of carbonyl (C=O) groups excluding carboxylic acids is 1. The number of likely N-dealkylation sites (tertiary alicyclic amines) is 1. The molecule has 4 heteroatoms. The molecule has 4 nitrogen and oxygen atoms in total. The summed E-state index contributed by atoms with van der Waals surface area (Å²) in [6.07, 6.45) is 2.97. The van der Waals surface area contributed by atoms with E-state index in [2.05, 4.69) is 0 Å². The van der Waals surface area contributed by atoms with Crippen LogP contribution in [0.3, 0.4) is 0 Å². The van der Waals surface area contributed by atoms with Gasteiger partial charge in [-0.15, -0.1) is 0 Å². The van der Waals surface area contributed by atoms with Gasteiger partial charge in [0.05, 0.1) is 13.2 Å². The molecule has 110 valence electrons. The van der Waals surface area contributed by atoms with E-state index >= 15 is 0 Å². The zero-order valence-electron chi connectivity index (χ0n) is 12.0. The fraction of sp³-hybridized carbons (Fsp3) is 0.562. The molecule has 1 aromatic rings. The number of ether oxygens (including phenoxy) is 1. The molecule has 0 saturated carbocycles. The highest BCUT2D eigenvalue weighted by Crippen LogP contribution is 2.26. The van der Waals surface area contributed by atoms with Gasteiger partial charge in [0.2, 0.25) is 5.91 Å². The second kappa shape index (κ2) is 7.29. The van der Waals surface area contributed by atoms with Gasteiger partial charge in [0, 0.05) is 18.5 Å². The average molecular weight is 277 g/mol. The number of aliphatic hydroxyl groups is 1. The third-order valence-corrected chi connectivity index (χ3v) is 3.64. The molecule has 1 aliphatic heterocycles. The summed E-state index contributed by atoms with van der Waals surface area (Å²) in [4.78, 5) is 13.8. The standard InChI is InChI=1S/C16H23NO3/c1-2-20-15-9-6-5-8-13(15)14(18)12-17-11-7-3-4-10-16(17)19/h5-6,8-9,14,18H,2-4,7,10-12H2,1H3. The lowest BCUT2D eigenvalue weighted by Crippen LogP contribution is -2.34. The first-order chi connectivity index (χ1) is 9.72. The topological polar surface area (TPSA) is 49.8 Å². The molecule has 0 aromatic heterocycles. The molecular weight excluding hydrogens is 254 g/mol. The van der Waals surface area contributed by atoms with Crippen molar-refractivity contribution in [1.29, 1.82) is 0 Å². The Morgan fingerprint density at radius 3 is 2.90 bits per heavy atom. The molecule has 20 heavy (non-hydrogen) atoms. The first-order valence-corrected chi connectivity index (χ1v) is 7.40. The van der Waals surface area contributed by atoms with Crippen molar-refractivity contribution in [2.45, 2.75) is 38.7 Å². The van der Waals surface area contributed by atoms with Gasteiger partial charge in [0.1, 0.15) is 11.9 Å². The summed E-state index contributed by atoms with van der Waals surface area (Å²) in [6.45, 7) is 3.57. The van der Waals surface area contributed by atoms with Gasteiger partial charge >= 0.3 is 0 Å². The van der Waals surface area contributed by atoms with Crippen LogP contribution in [0.4, 0.5) is 0 Å². The molecule has 0 bridgehead atoms. The summed E-state index contributed by atoms with van der Waals surface area (Å²) < 4.78 is 5.54. The third-order valence-electron chi connectivity index (χ3n) is 3.64. The van der Waals surface area contributed by atoms with Gasteiger partial charge < -0.3 is 14.7 Å². The SMILES string of the molecule is CCOc1ccccc1C(O)CN1CCCCCC1=O. The lowest BCUT2D eigenvalue weighted by Gasteiger charge is -2.25. The number of rotatable bonds is 5. The number of hydrogen-bond acceptors (Lipinski definition) is 3. The highest BCUT2D eigenvalue weighted by Gasteiger charge is 2.22. The molecule has 0 spiro atoms. The second-order valence-corrected chi connectivity index (χ2v) is 5.14. The van der Waals surface area contributed by atoms with Crippen LogP contribution in [0.15, 0.2) is 24.3 Å². The number of β-amino-alcohol motifs (C(OH)–C–C–N with tert-alkyl or cyclic N) is 1. The first-order valence-electron chi connectivity index (χ1n) is 7.40. The van der Waals surface area contributed by atoms with E-state index in [4.69, 9.17) is 4.74 Å². The van der Waals surface area contributed by atoms with Crippen LogP contribution in [0.2, 0.25) is 0 Å². The Labute approximate surface area is 120 Å². The summed E-state index contributed by atoms with van der Waals surface area (Å²) in [5.41, 5.74) is 0.756. The Hall–Kier alpha value is -1.55. The second-order valence-electron chi connectivity index (χ2n) is 5.14. The maximum atomic E-state index is 12.0. The zero-order valence-corrected chi connectivity index (χ0v) is 12.0. The van der Waals surface area contributed by atoms with Crippen LogP contribution in [-0.2, 0) is 4.79 Å². The van der Waals surface area contributed by atoms with E-state index < -0.39 is 6.10 Å². The molecule has 2 rings (SSSR count). The molecule has 1 saturated heterocycles. The van der Waals surface area contributed by atoms with Gasteiger partial charge in [0.25, 0.3) is 0 Å². The number of carbonyl (C=O) groups is 1. The van der Waals surface area contributed by atoms with E-state index in [-0.39, 0.29) is 5.91 Å². The van der Waals surface area contributed by atoms with Gasteiger partial charge in [-0.05, 0) is 25.8 Å². The zero-order chi connectivity index (χ0) is 14.4. The molecule has 1 heterocycles. The first kappa shape index (κ1) is 14.9. The predicted molar refractivity (Wildman–Crippen MR) is 77.6 cm³/mol. The van der Waals surface area contributed by atoms with Crippen molar-refractivity contribution in [3.63, 3.8) is 0 Å². The molecule has 1 N–H and O–H groups in total. The summed E-state index contributed by atoms with van der Waals surface area (Å²) in [6, 6.07) is 7.48. The van der Waals surface area contributed by atoms with Crippen LogP contribution < -0.4 is 4.74 Å². The van der Waals surface area contributed by atoms with Crippen molar-refractivity contribution >= 4 is 5.91 Å². The maximum absolute atomic E-state index is 12.0. The summed E-state index contributed by atoms with van der Waals surface area (Å²) in [5.74, 6) is 0.847. The normalized spacial score (nSPS) is 17.7. The Morgan fingerprint density at radius 2 is 2.10 bits per heavy atom. The minimum Gasteiger partial charge on any atom is -0.493 e. The van der Waals surface area contributed by atoms with Crippen molar-refractivity contribution < 1.29 is 14.6 Å². The van der Waals surface area contributed by atoms with Gasteiger partial charge in [-0.2, -0.15) is 0 Å². The van der Waals surface area contributed by atoms with E-state index in [9.17, 15) is 9.90 Å². The van der Waals surface area contributed by atoms with Gasteiger partial charge in [-0.1, -0.05) is 24.6 Å². The quantitative estimate of drug-likeness (QED) is 0.899. The van der Waals surface area contributed by atoms with Crippen molar-refractivity contribution in [2.24, 2.45) is 0 Å². The van der Waals surface area contributed by atoms with Crippen LogP contribution in [0.1, 0.15) is 44.3 Å². The van der Waals surface area contributed by atoms with E-state index in [0.29, 0.717) is 25.3 Å². The van der Waals surface area contributed by atoms with Crippen LogP contribution in [0.5, 0.6) is 5.75 Å². The highest BCUT2D eigenvalue weighted by molar-refractivity contribution is 5.76. The molecule has 1 aromatic carbocycles. The van der Waals surface area contributed by atoms with Crippen molar-refractivity contribution in [3.05, 3.63) is 29.8 Å². The smallest absolute Gasteiger partial charge is 0.222 e. The van der Waals surface area contributed by atoms with Crippen LogP contribution >= 0.6 is 0 Å². The Bertz CT molecular complexity index is 447. The number of hydrogen-bond donors (Lipinski definition) is 1. The van der Waals surface area contributed by atoms with E-state index in [1.807, 2.05) is 31.2 Å². The Kier molecular flexibility index (Phi) is 5.41. The minimum atomic E-state index is -0.695. The van der Waals surface area contributed by atoms with Gasteiger partial charge in [-0.25, -0.2) is 0 Å². The third kappa shape index (κ3) is 3.73. The Morgan fingerprint density at radius 1 is 1.30 bits per heavy atom. The number of aliphatic hydroxyl groups excluding tert-OH is 1. The van der Waals surface area contributed by atoms with E-state index in [1.165, 1.54) is 0 Å². The van der Waals surface area contributed by atoms with Gasteiger partial charge in [0.15, 0.2) is 0 Å². The predicted octanol–water partition coefficient (Wildman–Crippen LogP) is 2.52. The van der Waals surface area contributed by atoms with Crippen LogP contribution in [0.25, 0.3) is 0 Å². The summed E-state index contributed by atoms with van der Waals surface area (Å²) in [5, 5.41) is 10.4. The summed E-state index contributed by atoms with van der Waals surface area (Å²) >= 11 is 0. The molecule has 1 atom stereocenters. The monoisotopic (exact) mass is 277 g/mol. The van der Waals surface area contributed by atoms with Crippen molar-refractivity contribution in [2.75, 3.05) is 19.7 Å². The van der Waals surface area contributed by atoms with Gasteiger partial charge in [-0.3, -0.25) is 4.79 Å². The molecule has 1 fully saturated rings. The van der Waals surface area contributed by atoms with Crippen LogP contribution in [-0.4, -0.2) is 35.6 Å². The molecule has 0 aliphatic carbocycles. The molecule has 1 aliphatic rings. The average Bonchev–Trinajstić information content (AvgIpc) is 2.65. The fourth-order valence-corrected chi connectivity index (χ4v) is 2.58.